The van der Waals surface area contributed by atoms with E-state index < -0.39 is 21.7 Å². The summed E-state index contributed by atoms with van der Waals surface area (Å²) in [6, 6.07) is 4.23. The van der Waals surface area contributed by atoms with Crippen molar-refractivity contribution in [1.82, 2.24) is 10.2 Å². The van der Waals surface area contributed by atoms with Crippen molar-refractivity contribution in [3.05, 3.63) is 48.0 Å². The second kappa shape index (κ2) is 5.31. The molecule has 0 radical (unpaired) electrons. The summed E-state index contributed by atoms with van der Waals surface area (Å²) in [6.07, 6.45) is 2.49. The molecule has 20 heavy (non-hydrogen) atoms. The van der Waals surface area contributed by atoms with Crippen LogP contribution in [0.2, 0.25) is 0 Å². The Morgan fingerprint density at radius 3 is 2.60 bits per heavy atom. The van der Waals surface area contributed by atoms with Gasteiger partial charge >= 0.3 is 0 Å². The van der Waals surface area contributed by atoms with Gasteiger partial charge in [0.2, 0.25) is 10.0 Å². The first-order valence-corrected chi connectivity index (χ1v) is 6.83. The second-order valence-electron chi connectivity index (χ2n) is 3.77. The minimum Gasteiger partial charge on any atom is -0.319 e. The van der Waals surface area contributed by atoms with Gasteiger partial charge in [0.25, 0.3) is 5.91 Å². The fourth-order valence-electron chi connectivity index (χ4n) is 1.40. The Morgan fingerprint density at radius 2 is 2.00 bits per heavy atom. The van der Waals surface area contributed by atoms with Crippen LogP contribution in [0, 0.1) is 5.82 Å². The molecule has 7 nitrogen and oxygen atoms in total. The Hall–Kier alpha value is -2.39. The third-order valence-electron chi connectivity index (χ3n) is 2.36. The van der Waals surface area contributed by atoms with Gasteiger partial charge in [-0.05, 0) is 24.3 Å². The first kappa shape index (κ1) is 14.0. The van der Waals surface area contributed by atoms with Crippen molar-refractivity contribution >= 4 is 21.6 Å². The highest BCUT2D eigenvalue weighted by molar-refractivity contribution is 7.89. The van der Waals surface area contributed by atoms with E-state index in [1.807, 2.05) is 0 Å². The number of hydrogen-bond acceptors (Lipinski definition) is 5. The van der Waals surface area contributed by atoms with Crippen LogP contribution >= 0.6 is 0 Å². The molecule has 0 spiro atoms. The molecule has 0 saturated heterocycles. The summed E-state index contributed by atoms with van der Waals surface area (Å²) in [7, 11) is -3.98. The zero-order chi connectivity index (χ0) is 14.8. The molecule has 2 rings (SSSR count). The molecule has 0 aliphatic rings. The molecule has 0 bridgehead atoms. The van der Waals surface area contributed by atoms with Gasteiger partial charge < -0.3 is 5.32 Å². The minimum atomic E-state index is -3.98. The van der Waals surface area contributed by atoms with Gasteiger partial charge in [-0.3, -0.25) is 4.79 Å². The second-order valence-corrected chi connectivity index (χ2v) is 5.33. The number of rotatable bonds is 3. The predicted molar refractivity (Wildman–Crippen MR) is 67.8 cm³/mol. The number of benzene rings is 1. The molecule has 1 amide bonds. The van der Waals surface area contributed by atoms with E-state index in [4.69, 9.17) is 5.14 Å². The highest BCUT2D eigenvalue weighted by Gasteiger charge is 2.14. The van der Waals surface area contributed by atoms with E-state index in [1.165, 1.54) is 18.5 Å². The van der Waals surface area contributed by atoms with Crippen LogP contribution in [0.15, 0.2) is 41.6 Å². The topological polar surface area (TPSA) is 115 Å². The number of anilines is 1. The van der Waals surface area contributed by atoms with Crippen molar-refractivity contribution in [3.63, 3.8) is 0 Å². The predicted octanol–water partition coefficient (Wildman–Crippen LogP) is 0.515. The molecule has 9 heteroatoms. The average molecular weight is 296 g/mol. The van der Waals surface area contributed by atoms with Crippen LogP contribution in [-0.4, -0.2) is 24.5 Å². The third-order valence-corrected chi connectivity index (χ3v) is 3.27. The van der Waals surface area contributed by atoms with Crippen LogP contribution in [0.25, 0.3) is 0 Å². The Balaban J connectivity index is 2.32. The number of nitrogens with zero attached hydrogens (tertiary/aromatic N) is 2. The van der Waals surface area contributed by atoms with Gasteiger partial charge in [-0.25, -0.2) is 17.9 Å². The Kier molecular flexibility index (Phi) is 3.72. The van der Waals surface area contributed by atoms with Crippen LogP contribution < -0.4 is 10.5 Å². The lowest BCUT2D eigenvalue weighted by atomic mass is 10.2. The van der Waals surface area contributed by atoms with Gasteiger partial charge in [0.1, 0.15) is 5.82 Å². The summed E-state index contributed by atoms with van der Waals surface area (Å²) in [6.45, 7) is 0. The summed E-state index contributed by atoms with van der Waals surface area (Å²) < 4.78 is 35.9. The monoisotopic (exact) mass is 296 g/mol. The number of nitrogens with one attached hydrogen (secondary N) is 1. The van der Waals surface area contributed by atoms with Crippen LogP contribution in [0.1, 0.15) is 10.4 Å². The van der Waals surface area contributed by atoms with Crippen molar-refractivity contribution in [1.29, 1.82) is 0 Å². The van der Waals surface area contributed by atoms with E-state index in [9.17, 15) is 17.6 Å². The molecule has 0 unspecified atom stereocenters. The molecule has 2 aromatic rings. The maximum absolute atomic E-state index is 13.6. The van der Waals surface area contributed by atoms with E-state index in [0.29, 0.717) is 0 Å². The van der Waals surface area contributed by atoms with Gasteiger partial charge in [0, 0.05) is 0 Å². The van der Waals surface area contributed by atoms with Crippen LogP contribution in [0.3, 0.4) is 0 Å². The van der Waals surface area contributed by atoms with Gasteiger partial charge in [-0.2, -0.15) is 10.2 Å². The lowest BCUT2D eigenvalue weighted by Crippen LogP contribution is -2.16. The quantitative estimate of drug-likeness (QED) is 0.856. The Morgan fingerprint density at radius 1 is 1.25 bits per heavy atom. The van der Waals surface area contributed by atoms with Crippen LogP contribution in [0.5, 0.6) is 0 Å². The zero-order valence-corrected chi connectivity index (χ0v) is 10.8. The molecular weight excluding hydrogens is 287 g/mol. The molecule has 3 N–H and O–H groups in total. The minimum absolute atomic E-state index is 0.153. The smallest absolute Gasteiger partial charge is 0.257 e. The van der Waals surface area contributed by atoms with Crippen molar-refractivity contribution in [2.45, 2.75) is 4.90 Å². The maximum Gasteiger partial charge on any atom is 0.257 e. The number of carbonyl (C=O) groups is 1. The van der Waals surface area contributed by atoms with E-state index in [-0.39, 0.29) is 16.1 Å². The number of hydrogen-bond donors (Lipinski definition) is 2. The van der Waals surface area contributed by atoms with E-state index in [0.717, 1.165) is 18.2 Å². The molecule has 104 valence electrons. The number of nitrogens with two attached hydrogens (primary N) is 1. The number of halogens is 1. The summed E-state index contributed by atoms with van der Waals surface area (Å²) in [5, 5.41) is 14.2. The number of amides is 1. The van der Waals surface area contributed by atoms with Crippen molar-refractivity contribution in [3.8, 4) is 0 Å². The van der Waals surface area contributed by atoms with Crippen LogP contribution in [0.4, 0.5) is 10.1 Å². The van der Waals surface area contributed by atoms with Crippen molar-refractivity contribution in [2.75, 3.05) is 5.32 Å². The van der Waals surface area contributed by atoms with Crippen molar-refractivity contribution < 1.29 is 17.6 Å². The summed E-state index contributed by atoms with van der Waals surface area (Å²) in [4.78, 5) is 11.5. The maximum atomic E-state index is 13.6. The number of aromatic nitrogens is 2. The van der Waals surface area contributed by atoms with Gasteiger partial charge in [0.05, 0.1) is 28.5 Å². The Labute approximate surface area is 113 Å². The van der Waals surface area contributed by atoms with Crippen molar-refractivity contribution in [2.24, 2.45) is 5.14 Å². The third kappa shape index (κ3) is 3.13. The molecule has 0 fully saturated rings. The largest absolute Gasteiger partial charge is 0.319 e. The molecule has 1 aromatic carbocycles. The number of primary sulfonamides is 1. The lowest BCUT2D eigenvalue weighted by molar-refractivity contribution is 0.102. The fourth-order valence-corrected chi connectivity index (χ4v) is 1.94. The van der Waals surface area contributed by atoms with Gasteiger partial charge in [-0.1, -0.05) is 0 Å². The van der Waals surface area contributed by atoms with E-state index >= 15 is 0 Å². The first-order valence-electron chi connectivity index (χ1n) is 5.28. The molecule has 0 atom stereocenters. The standard InChI is InChI=1S/C11H9FN4O3S/c12-9-2-1-8(20(13,18)19)5-10(9)16-11(17)7-3-4-14-15-6-7/h1-6H,(H,16,17)(H2,13,18,19). The van der Waals surface area contributed by atoms with Gasteiger partial charge in [-0.15, -0.1) is 0 Å². The molecule has 0 aliphatic heterocycles. The molecule has 0 saturated carbocycles. The lowest BCUT2D eigenvalue weighted by Gasteiger charge is -2.07. The number of carbonyl (C=O) groups excluding carboxylic acids is 1. The normalized spacial score (nSPS) is 11.1. The van der Waals surface area contributed by atoms with Crippen LogP contribution in [-0.2, 0) is 10.0 Å². The Bertz CT molecular complexity index is 750. The fraction of sp³-hybridized carbons (Fsp3) is 0. The molecule has 0 aliphatic carbocycles. The first-order chi connectivity index (χ1) is 9.38. The summed E-state index contributed by atoms with van der Waals surface area (Å²) in [5.41, 5.74) is -0.140. The average Bonchev–Trinajstić information content (AvgIpc) is 2.41. The van der Waals surface area contributed by atoms with E-state index in [2.05, 4.69) is 15.5 Å². The van der Waals surface area contributed by atoms with E-state index in [1.54, 1.807) is 0 Å². The summed E-state index contributed by atoms with van der Waals surface area (Å²) >= 11 is 0. The molecule has 1 aromatic heterocycles. The zero-order valence-electron chi connectivity index (χ0n) is 9.95. The number of sulfonamides is 1. The highest BCUT2D eigenvalue weighted by Crippen LogP contribution is 2.19. The SMILES string of the molecule is NS(=O)(=O)c1ccc(F)c(NC(=O)c2ccnnc2)c1. The van der Waals surface area contributed by atoms with Gasteiger partial charge in [0.15, 0.2) is 0 Å². The molecule has 1 heterocycles. The highest BCUT2D eigenvalue weighted by atomic mass is 32.2. The molecular formula is C11H9FN4O3S. The summed E-state index contributed by atoms with van der Waals surface area (Å²) in [5.74, 6) is -1.43.